The number of fused-ring (bicyclic) bond motifs is 1. The van der Waals surface area contributed by atoms with Gasteiger partial charge in [-0.05, 0) is 23.3 Å². The molecule has 0 N–H and O–H groups in total. The fourth-order valence-electron chi connectivity index (χ4n) is 1.98. The lowest BCUT2D eigenvalue weighted by Crippen LogP contribution is -2.35. The van der Waals surface area contributed by atoms with Gasteiger partial charge in [0.05, 0.1) is 0 Å². The van der Waals surface area contributed by atoms with E-state index in [9.17, 15) is 9.18 Å². The van der Waals surface area contributed by atoms with Crippen molar-refractivity contribution in [1.82, 2.24) is 4.90 Å². The van der Waals surface area contributed by atoms with Gasteiger partial charge in [-0.25, -0.2) is 4.39 Å². The van der Waals surface area contributed by atoms with Crippen LogP contribution in [0.3, 0.4) is 0 Å². The normalized spacial score (nSPS) is 15.1. The molecule has 1 aliphatic heterocycles. The van der Waals surface area contributed by atoms with Gasteiger partial charge >= 0.3 is 0 Å². The molecule has 2 nitrogen and oxygen atoms in total. The Kier molecular flexibility index (Phi) is 2.49. The van der Waals surface area contributed by atoms with Gasteiger partial charge in [-0.15, -0.1) is 0 Å². The molecule has 0 saturated carbocycles. The molecule has 0 radical (unpaired) electrons. The van der Waals surface area contributed by atoms with Crippen LogP contribution >= 0.6 is 0 Å². The second-order valence-corrected chi connectivity index (χ2v) is 5.32. The highest BCUT2D eigenvalue weighted by Gasteiger charge is 2.31. The largest absolute Gasteiger partial charge is 0.334 e. The highest BCUT2D eigenvalue weighted by atomic mass is 19.1. The van der Waals surface area contributed by atoms with Gasteiger partial charge in [0, 0.05) is 18.5 Å². The number of carbonyl (C=O) groups is 1. The maximum absolute atomic E-state index is 13.0. The van der Waals surface area contributed by atoms with E-state index in [2.05, 4.69) is 0 Å². The van der Waals surface area contributed by atoms with E-state index in [1.54, 1.807) is 11.0 Å². The number of hydrogen-bond acceptors (Lipinski definition) is 1. The fraction of sp³-hybridized carbons (Fsp3) is 0.462. The molecule has 0 aromatic heterocycles. The van der Waals surface area contributed by atoms with Crippen LogP contribution in [0.1, 0.15) is 31.9 Å². The van der Waals surface area contributed by atoms with Crippen LogP contribution < -0.4 is 0 Å². The van der Waals surface area contributed by atoms with E-state index in [0.29, 0.717) is 13.1 Å². The van der Waals surface area contributed by atoms with E-state index >= 15 is 0 Å². The number of amides is 1. The molecule has 0 bridgehead atoms. The van der Waals surface area contributed by atoms with E-state index in [1.165, 1.54) is 12.1 Å². The van der Waals surface area contributed by atoms with Crippen molar-refractivity contribution < 1.29 is 9.18 Å². The Hall–Kier alpha value is -1.38. The first-order valence-electron chi connectivity index (χ1n) is 5.44. The number of carbonyl (C=O) groups excluding carboxylic acids is 1. The van der Waals surface area contributed by atoms with Crippen LogP contribution in [0.25, 0.3) is 0 Å². The third kappa shape index (κ3) is 1.94. The van der Waals surface area contributed by atoms with Crippen LogP contribution in [-0.2, 0) is 17.9 Å². The maximum atomic E-state index is 13.0. The predicted molar refractivity (Wildman–Crippen MR) is 60.1 cm³/mol. The summed E-state index contributed by atoms with van der Waals surface area (Å²) in [4.78, 5) is 13.8. The molecule has 1 amide bonds. The molecule has 86 valence electrons. The van der Waals surface area contributed by atoms with E-state index < -0.39 is 0 Å². The average molecular weight is 221 g/mol. The molecule has 16 heavy (non-hydrogen) atoms. The highest BCUT2D eigenvalue weighted by molar-refractivity contribution is 5.82. The van der Waals surface area contributed by atoms with Crippen molar-refractivity contribution >= 4 is 5.91 Å². The van der Waals surface area contributed by atoms with Crippen molar-refractivity contribution in [2.24, 2.45) is 5.41 Å². The summed E-state index contributed by atoms with van der Waals surface area (Å²) in [6.45, 7) is 6.84. The number of benzene rings is 1. The summed E-state index contributed by atoms with van der Waals surface area (Å²) in [7, 11) is 0. The van der Waals surface area contributed by atoms with Gasteiger partial charge in [0.1, 0.15) is 5.82 Å². The summed E-state index contributed by atoms with van der Waals surface area (Å²) in [6, 6.07) is 4.73. The third-order valence-corrected chi connectivity index (χ3v) is 2.82. The van der Waals surface area contributed by atoms with Crippen LogP contribution in [0.4, 0.5) is 4.39 Å². The number of hydrogen-bond donors (Lipinski definition) is 0. The predicted octanol–water partition coefficient (Wildman–Crippen LogP) is 2.71. The molecule has 2 rings (SSSR count). The Morgan fingerprint density at radius 2 is 1.88 bits per heavy atom. The number of halogens is 1. The van der Waals surface area contributed by atoms with Gasteiger partial charge < -0.3 is 4.90 Å². The molecule has 0 atom stereocenters. The number of nitrogens with zero attached hydrogens (tertiary/aromatic N) is 1. The molecule has 0 saturated heterocycles. The van der Waals surface area contributed by atoms with Crippen molar-refractivity contribution in [2.75, 3.05) is 0 Å². The standard InChI is InChI=1S/C13H16FNO/c1-13(2,3)12(16)15-7-9-4-5-11(14)6-10(9)8-15/h4-6H,7-8H2,1-3H3. The van der Waals surface area contributed by atoms with Crippen LogP contribution in [0.2, 0.25) is 0 Å². The minimum Gasteiger partial charge on any atom is -0.334 e. The van der Waals surface area contributed by atoms with Gasteiger partial charge in [-0.3, -0.25) is 4.79 Å². The summed E-state index contributed by atoms with van der Waals surface area (Å²) in [5.41, 5.74) is 1.61. The van der Waals surface area contributed by atoms with Gasteiger partial charge in [0.2, 0.25) is 5.91 Å². The topological polar surface area (TPSA) is 20.3 Å². The minimum atomic E-state index is -0.374. The molecule has 1 heterocycles. The lowest BCUT2D eigenvalue weighted by Gasteiger charge is -2.25. The van der Waals surface area contributed by atoms with Gasteiger partial charge in [-0.2, -0.15) is 0 Å². The second-order valence-electron chi connectivity index (χ2n) is 5.32. The van der Waals surface area contributed by atoms with Gasteiger partial charge in [0.25, 0.3) is 0 Å². The highest BCUT2D eigenvalue weighted by Crippen LogP contribution is 2.28. The van der Waals surface area contributed by atoms with Crippen molar-refractivity contribution in [3.63, 3.8) is 0 Å². The average Bonchev–Trinajstić information content (AvgIpc) is 2.57. The zero-order valence-electron chi connectivity index (χ0n) is 9.88. The minimum absolute atomic E-state index is 0.115. The Labute approximate surface area is 95.1 Å². The lowest BCUT2D eigenvalue weighted by molar-refractivity contribution is -0.140. The van der Waals surface area contributed by atoms with Crippen molar-refractivity contribution in [1.29, 1.82) is 0 Å². The molecular weight excluding hydrogens is 205 g/mol. The summed E-state index contributed by atoms with van der Waals surface area (Å²) in [5.74, 6) is -0.118. The van der Waals surface area contributed by atoms with Crippen molar-refractivity contribution in [2.45, 2.75) is 33.9 Å². The summed E-state index contributed by atoms with van der Waals surface area (Å²) < 4.78 is 13.0. The molecule has 0 aliphatic carbocycles. The zero-order chi connectivity index (χ0) is 11.9. The third-order valence-electron chi connectivity index (χ3n) is 2.82. The van der Waals surface area contributed by atoms with Crippen LogP contribution in [0, 0.1) is 11.2 Å². The second kappa shape index (κ2) is 3.58. The first-order valence-corrected chi connectivity index (χ1v) is 5.44. The van der Waals surface area contributed by atoms with Gasteiger partial charge in [-0.1, -0.05) is 26.8 Å². The van der Waals surface area contributed by atoms with E-state index in [-0.39, 0.29) is 17.1 Å². The summed E-state index contributed by atoms with van der Waals surface area (Å²) in [6.07, 6.45) is 0. The lowest BCUT2D eigenvalue weighted by atomic mass is 9.95. The molecule has 3 heteroatoms. The van der Waals surface area contributed by atoms with Crippen molar-refractivity contribution in [3.8, 4) is 0 Å². The van der Waals surface area contributed by atoms with Gasteiger partial charge in [0.15, 0.2) is 0 Å². The van der Waals surface area contributed by atoms with Crippen molar-refractivity contribution in [3.05, 3.63) is 35.1 Å². The van der Waals surface area contributed by atoms with E-state index in [0.717, 1.165) is 11.1 Å². The van der Waals surface area contributed by atoms with Crippen LogP contribution in [0.5, 0.6) is 0 Å². The van der Waals surface area contributed by atoms with Crippen LogP contribution in [-0.4, -0.2) is 10.8 Å². The Bertz CT molecular complexity index is 434. The molecule has 0 fully saturated rings. The summed E-state index contributed by atoms with van der Waals surface area (Å²) >= 11 is 0. The Morgan fingerprint density at radius 1 is 1.25 bits per heavy atom. The molecule has 0 unspecified atom stereocenters. The SMILES string of the molecule is CC(C)(C)C(=O)N1Cc2ccc(F)cc2C1. The Balaban J connectivity index is 2.20. The zero-order valence-corrected chi connectivity index (χ0v) is 9.88. The molecule has 0 spiro atoms. The Morgan fingerprint density at radius 3 is 2.50 bits per heavy atom. The smallest absolute Gasteiger partial charge is 0.228 e. The molecular formula is C13H16FNO. The maximum Gasteiger partial charge on any atom is 0.228 e. The monoisotopic (exact) mass is 221 g/mol. The van der Waals surface area contributed by atoms with E-state index in [4.69, 9.17) is 0 Å². The first kappa shape index (κ1) is 11.1. The van der Waals surface area contributed by atoms with E-state index in [1.807, 2.05) is 20.8 Å². The van der Waals surface area contributed by atoms with Crippen LogP contribution in [0.15, 0.2) is 18.2 Å². The molecule has 1 aromatic rings. The number of rotatable bonds is 0. The summed E-state index contributed by atoms with van der Waals surface area (Å²) in [5, 5.41) is 0. The quantitative estimate of drug-likeness (QED) is 0.659. The molecule has 1 aliphatic rings. The fourth-order valence-corrected chi connectivity index (χ4v) is 1.98. The molecule has 1 aromatic carbocycles. The first-order chi connectivity index (χ1) is 7.38.